The summed E-state index contributed by atoms with van der Waals surface area (Å²) < 4.78 is 5.34. The minimum atomic E-state index is 0.195. The van der Waals surface area contributed by atoms with Gasteiger partial charge in [0.05, 0.1) is 13.2 Å². The van der Waals surface area contributed by atoms with Gasteiger partial charge in [-0.15, -0.1) is 0 Å². The van der Waals surface area contributed by atoms with Gasteiger partial charge < -0.3 is 10.1 Å². The van der Waals surface area contributed by atoms with Gasteiger partial charge in [-0.3, -0.25) is 4.98 Å². The Hall–Kier alpha value is -1.16. The molecule has 0 saturated heterocycles. The van der Waals surface area contributed by atoms with Crippen LogP contribution in [-0.2, 0) is 0 Å². The van der Waals surface area contributed by atoms with Crippen LogP contribution in [0.25, 0.3) is 0 Å². The van der Waals surface area contributed by atoms with Crippen molar-refractivity contribution in [3.05, 3.63) is 18.1 Å². The van der Waals surface area contributed by atoms with Crippen molar-refractivity contribution in [3.63, 3.8) is 0 Å². The number of nitrogens with zero attached hydrogens (tertiary/aromatic N) is 2. The third-order valence-corrected chi connectivity index (χ3v) is 3.26. The van der Waals surface area contributed by atoms with Gasteiger partial charge in [0, 0.05) is 12.4 Å². The number of aromatic nitrogens is 2. The third kappa shape index (κ3) is 5.45. The van der Waals surface area contributed by atoms with Crippen LogP contribution in [0.15, 0.2) is 12.4 Å². The van der Waals surface area contributed by atoms with E-state index in [4.69, 9.17) is 4.74 Å². The average molecular weight is 279 g/mol. The molecule has 0 aliphatic rings. The Morgan fingerprint density at radius 2 is 1.90 bits per heavy atom. The van der Waals surface area contributed by atoms with Crippen LogP contribution < -0.4 is 10.1 Å². The summed E-state index contributed by atoms with van der Waals surface area (Å²) in [5.41, 5.74) is 1.26. The molecule has 0 spiro atoms. The fourth-order valence-corrected chi connectivity index (χ4v) is 2.80. The highest BCUT2D eigenvalue weighted by Gasteiger charge is 2.23. The van der Waals surface area contributed by atoms with Gasteiger partial charge in [-0.1, -0.05) is 34.6 Å². The van der Waals surface area contributed by atoms with Gasteiger partial charge in [0.25, 0.3) is 0 Å². The Morgan fingerprint density at radius 3 is 2.45 bits per heavy atom. The molecule has 1 aromatic heterocycles. The Kier molecular flexibility index (Phi) is 6.40. The van der Waals surface area contributed by atoms with Gasteiger partial charge in [-0.05, 0) is 30.7 Å². The molecule has 2 unspecified atom stereocenters. The maximum Gasteiger partial charge on any atom is 0.236 e. The summed E-state index contributed by atoms with van der Waals surface area (Å²) in [5.74, 6) is 1.24. The number of nitrogens with one attached hydrogen (secondary N) is 1. The zero-order valence-electron chi connectivity index (χ0n) is 13.7. The summed E-state index contributed by atoms with van der Waals surface area (Å²) in [4.78, 5) is 8.73. The minimum absolute atomic E-state index is 0.195. The molecule has 0 aliphatic heterocycles. The van der Waals surface area contributed by atoms with Crippen LogP contribution >= 0.6 is 0 Å². The Morgan fingerprint density at radius 1 is 1.25 bits per heavy atom. The molecule has 0 saturated carbocycles. The summed E-state index contributed by atoms with van der Waals surface area (Å²) in [6.07, 6.45) is 5.64. The van der Waals surface area contributed by atoms with Crippen molar-refractivity contribution in [2.75, 3.05) is 13.7 Å². The fourth-order valence-electron chi connectivity index (χ4n) is 2.80. The highest BCUT2D eigenvalue weighted by atomic mass is 16.5. The van der Waals surface area contributed by atoms with Crippen LogP contribution in [-0.4, -0.2) is 23.6 Å². The molecule has 0 fully saturated rings. The third-order valence-electron chi connectivity index (χ3n) is 3.26. The molecule has 114 valence electrons. The van der Waals surface area contributed by atoms with Crippen molar-refractivity contribution in [2.45, 2.75) is 53.5 Å². The Labute approximate surface area is 123 Å². The molecule has 1 rings (SSSR count). The van der Waals surface area contributed by atoms with E-state index >= 15 is 0 Å². The second-order valence-corrected chi connectivity index (χ2v) is 6.67. The van der Waals surface area contributed by atoms with Crippen molar-refractivity contribution in [1.29, 1.82) is 0 Å². The highest BCUT2D eigenvalue weighted by Crippen LogP contribution is 2.31. The lowest BCUT2D eigenvalue weighted by Gasteiger charge is -2.27. The lowest BCUT2D eigenvalue weighted by molar-refractivity contribution is 0.272. The zero-order chi connectivity index (χ0) is 15.2. The minimum Gasteiger partial charge on any atom is -0.480 e. The number of hydrogen-bond acceptors (Lipinski definition) is 4. The first-order valence-electron chi connectivity index (χ1n) is 7.45. The van der Waals surface area contributed by atoms with Crippen LogP contribution in [0, 0.1) is 11.3 Å². The van der Waals surface area contributed by atoms with Crippen LogP contribution in [0.4, 0.5) is 0 Å². The van der Waals surface area contributed by atoms with Gasteiger partial charge in [-0.2, -0.15) is 0 Å². The molecule has 20 heavy (non-hydrogen) atoms. The standard InChI is InChI=1S/C16H29N3O/c1-7-17-13(10-12(2)11-16(3,4)5)14-15(20-6)19-9-8-18-14/h8-9,12-13,17H,7,10-11H2,1-6H3. The van der Waals surface area contributed by atoms with Gasteiger partial charge in [0.2, 0.25) is 5.88 Å². The topological polar surface area (TPSA) is 47.0 Å². The SMILES string of the molecule is CCNC(CC(C)CC(C)(C)C)c1nccnc1OC. The molecule has 2 atom stereocenters. The van der Waals surface area contributed by atoms with E-state index < -0.39 is 0 Å². The van der Waals surface area contributed by atoms with E-state index in [1.54, 1.807) is 19.5 Å². The maximum absolute atomic E-state index is 5.34. The van der Waals surface area contributed by atoms with Crippen molar-refractivity contribution in [3.8, 4) is 5.88 Å². The second kappa shape index (κ2) is 7.58. The first-order chi connectivity index (χ1) is 9.37. The molecule has 0 aromatic carbocycles. The van der Waals surface area contributed by atoms with Crippen LogP contribution in [0.2, 0.25) is 0 Å². The molecular weight excluding hydrogens is 250 g/mol. The normalized spacial score (nSPS) is 14.9. The predicted octanol–water partition coefficient (Wildman–Crippen LogP) is 3.60. The van der Waals surface area contributed by atoms with E-state index in [0.717, 1.165) is 18.7 Å². The molecule has 4 nitrogen and oxygen atoms in total. The quantitative estimate of drug-likeness (QED) is 0.828. The summed E-state index contributed by atoms with van der Waals surface area (Å²) in [7, 11) is 1.65. The van der Waals surface area contributed by atoms with E-state index in [0.29, 0.717) is 17.2 Å². The van der Waals surface area contributed by atoms with Crippen LogP contribution in [0.5, 0.6) is 5.88 Å². The van der Waals surface area contributed by atoms with Gasteiger partial charge in [0.1, 0.15) is 5.69 Å². The molecule has 1 heterocycles. The van der Waals surface area contributed by atoms with Gasteiger partial charge >= 0.3 is 0 Å². The largest absolute Gasteiger partial charge is 0.480 e. The molecule has 0 amide bonds. The monoisotopic (exact) mass is 279 g/mol. The first kappa shape index (κ1) is 16.9. The van der Waals surface area contributed by atoms with Crippen molar-refractivity contribution in [1.82, 2.24) is 15.3 Å². The molecule has 0 bridgehead atoms. The first-order valence-corrected chi connectivity index (χ1v) is 7.45. The van der Waals surface area contributed by atoms with Crippen LogP contribution in [0.3, 0.4) is 0 Å². The summed E-state index contributed by atoms with van der Waals surface area (Å²) >= 11 is 0. The molecular formula is C16H29N3O. The molecule has 1 aromatic rings. The number of hydrogen-bond donors (Lipinski definition) is 1. The fraction of sp³-hybridized carbons (Fsp3) is 0.750. The van der Waals surface area contributed by atoms with Crippen molar-refractivity contribution < 1.29 is 4.74 Å². The summed E-state index contributed by atoms with van der Waals surface area (Å²) in [5, 5.41) is 3.51. The zero-order valence-corrected chi connectivity index (χ0v) is 13.7. The Bertz CT molecular complexity index is 401. The van der Waals surface area contributed by atoms with Gasteiger partial charge in [0.15, 0.2) is 0 Å². The summed E-state index contributed by atoms with van der Waals surface area (Å²) in [6, 6.07) is 0.195. The smallest absolute Gasteiger partial charge is 0.236 e. The van der Waals surface area contributed by atoms with E-state index in [9.17, 15) is 0 Å². The van der Waals surface area contributed by atoms with Crippen molar-refractivity contribution in [2.24, 2.45) is 11.3 Å². The second-order valence-electron chi connectivity index (χ2n) is 6.67. The van der Waals surface area contributed by atoms with E-state index in [2.05, 4.69) is 49.9 Å². The average Bonchev–Trinajstić information content (AvgIpc) is 2.36. The maximum atomic E-state index is 5.34. The molecule has 0 radical (unpaired) electrons. The lowest BCUT2D eigenvalue weighted by atomic mass is 9.82. The van der Waals surface area contributed by atoms with E-state index in [-0.39, 0.29) is 6.04 Å². The summed E-state index contributed by atoms with van der Waals surface area (Å²) in [6.45, 7) is 12.2. The molecule has 4 heteroatoms. The number of ether oxygens (including phenoxy) is 1. The van der Waals surface area contributed by atoms with Gasteiger partial charge in [-0.25, -0.2) is 4.98 Å². The Balaban J connectivity index is 2.83. The van der Waals surface area contributed by atoms with E-state index in [1.807, 2.05) is 0 Å². The number of rotatable bonds is 7. The highest BCUT2D eigenvalue weighted by molar-refractivity contribution is 5.21. The van der Waals surface area contributed by atoms with Crippen LogP contribution in [0.1, 0.15) is 59.2 Å². The lowest BCUT2D eigenvalue weighted by Crippen LogP contribution is -2.25. The van der Waals surface area contributed by atoms with Crippen molar-refractivity contribution >= 4 is 0 Å². The number of methoxy groups -OCH3 is 1. The predicted molar refractivity (Wildman–Crippen MR) is 82.9 cm³/mol. The van der Waals surface area contributed by atoms with E-state index in [1.165, 1.54) is 6.42 Å². The molecule has 0 aliphatic carbocycles. The molecule has 1 N–H and O–H groups in total.